The number of rotatable bonds is 8. The fourth-order valence-corrected chi connectivity index (χ4v) is 5.24. The van der Waals surface area contributed by atoms with E-state index in [2.05, 4.69) is 65.2 Å². The summed E-state index contributed by atoms with van der Waals surface area (Å²) in [4.78, 5) is 13.3. The standard InChI is InChI=1S/C28H32N4O2S/c1-17(2)31-27(22-9-12-24(34-7)13-10-22)29-30-28(31)35-16-26(33)25-15-20(5)32(21(25)6)23-11-8-18(3)19(4)14-23/h8-15,17H,16H2,1-7H3. The number of nitrogens with zero attached hydrogens (tertiary/aromatic N) is 4. The molecule has 0 amide bonds. The zero-order chi connectivity index (χ0) is 25.3. The Kier molecular flexibility index (Phi) is 7.17. The number of carbonyl (C=O) groups excluding carboxylic acids is 1. The number of Topliss-reactive ketones (excluding diaryl/α,β-unsaturated/α-hetero) is 1. The van der Waals surface area contributed by atoms with Gasteiger partial charge in [-0.25, -0.2) is 0 Å². The molecule has 0 unspecified atom stereocenters. The van der Waals surface area contributed by atoms with Crippen molar-refractivity contribution in [1.82, 2.24) is 19.3 Å². The molecular formula is C28H32N4O2S. The average molecular weight is 489 g/mol. The number of aromatic nitrogens is 4. The predicted molar refractivity (Wildman–Crippen MR) is 142 cm³/mol. The molecule has 0 fully saturated rings. The Bertz CT molecular complexity index is 1370. The maximum absolute atomic E-state index is 13.3. The van der Waals surface area contributed by atoms with E-state index in [4.69, 9.17) is 4.74 Å². The number of thioether (sulfide) groups is 1. The van der Waals surface area contributed by atoms with Gasteiger partial charge in [-0.2, -0.15) is 0 Å². The molecule has 2 aromatic heterocycles. The van der Waals surface area contributed by atoms with E-state index in [-0.39, 0.29) is 11.8 Å². The zero-order valence-corrected chi connectivity index (χ0v) is 22.2. The monoisotopic (exact) mass is 488 g/mol. The molecule has 35 heavy (non-hydrogen) atoms. The molecule has 0 aliphatic carbocycles. The lowest BCUT2D eigenvalue weighted by molar-refractivity contribution is 0.102. The lowest BCUT2D eigenvalue weighted by Gasteiger charge is -2.14. The maximum Gasteiger partial charge on any atom is 0.192 e. The quantitative estimate of drug-likeness (QED) is 0.208. The van der Waals surface area contributed by atoms with E-state index in [0.717, 1.165) is 44.9 Å². The maximum atomic E-state index is 13.3. The molecule has 0 atom stereocenters. The molecule has 2 aromatic carbocycles. The van der Waals surface area contributed by atoms with E-state index in [1.807, 2.05) is 44.2 Å². The van der Waals surface area contributed by atoms with Gasteiger partial charge < -0.3 is 9.30 Å². The Balaban J connectivity index is 1.57. The minimum Gasteiger partial charge on any atom is -0.497 e. The van der Waals surface area contributed by atoms with Gasteiger partial charge in [0.05, 0.1) is 12.9 Å². The van der Waals surface area contributed by atoms with Crippen molar-refractivity contribution in [2.24, 2.45) is 0 Å². The Hall–Kier alpha value is -3.32. The van der Waals surface area contributed by atoms with Crippen LogP contribution in [0.4, 0.5) is 0 Å². The Morgan fingerprint density at radius 3 is 2.31 bits per heavy atom. The van der Waals surface area contributed by atoms with Crippen molar-refractivity contribution in [3.63, 3.8) is 0 Å². The van der Waals surface area contributed by atoms with Crippen LogP contribution in [-0.2, 0) is 0 Å². The molecule has 0 saturated heterocycles. The molecule has 6 nitrogen and oxygen atoms in total. The van der Waals surface area contributed by atoms with Crippen LogP contribution in [0.25, 0.3) is 17.1 Å². The summed E-state index contributed by atoms with van der Waals surface area (Å²) in [6, 6.07) is 16.3. The number of benzene rings is 2. The van der Waals surface area contributed by atoms with E-state index in [1.54, 1.807) is 7.11 Å². The van der Waals surface area contributed by atoms with Gasteiger partial charge in [-0.3, -0.25) is 9.36 Å². The molecule has 0 aliphatic heterocycles. The number of ketones is 1. The molecule has 2 heterocycles. The molecule has 4 aromatic rings. The fourth-order valence-electron chi connectivity index (χ4n) is 4.29. The van der Waals surface area contributed by atoms with E-state index >= 15 is 0 Å². The highest BCUT2D eigenvalue weighted by Crippen LogP contribution is 2.30. The molecule has 0 spiro atoms. The molecular weight excluding hydrogens is 456 g/mol. The van der Waals surface area contributed by atoms with Crippen LogP contribution >= 0.6 is 11.8 Å². The highest BCUT2D eigenvalue weighted by atomic mass is 32.2. The first-order chi connectivity index (χ1) is 16.7. The minimum atomic E-state index is 0.0856. The Morgan fingerprint density at radius 2 is 1.69 bits per heavy atom. The molecule has 7 heteroatoms. The number of ether oxygens (including phenoxy) is 1. The van der Waals surface area contributed by atoms with Gasteiger partial charge in [0.15, 0.2) is 16.8 Å². The topological polar surface area (TPSA) is 61.9 Å². The van der Waals surface area contributed by atoms with Gasteiger partial charge in [-0.1, -0.05) is 17.8 Å². The normalized spacial score (nSPS) is 11.3. The van der Waals surface area contributed by atoms with Gasteiger partial charge >= 0.3 is 0 Å². The zero-order valence-electron chi connectivity index (χ0n) is 21.4. The Labute approximate surface area is 211 Å². The van der Waals surface area contributed by atoms with Crippen LogP contribution in [0.3, 0.4) is 0 Å². The van der Waals surface area contributed by atoms with Gasteiger partial charge in [0.1, 0.15) is 5.75 Å². The molecule has 0 N–H and O–H groups in total. The first-order valence-corrected chi connectivity index (χ1v) is 12.7. The van der Waals surface area contributed by atoms with E-state index < -0.39 is 0 Å². The minimum absolute atomic E-state index is 0.0856. The van der Waals surface area contributed by atoms with Gasteiger partial charge in [0.25, 0.3) is 0 Å². The van der Waals surface area contributed by atoms with Crippen molar-refractivity contribution in [2.75, 3.05) is 12.9 Å². The summed E-state index contributed by atoms with van der Waals surface area (Å²) in [6.45, 7) is 12.5. The summed E-state index contributed by atoms with van der Waals surface area (Å²) in [6.07, 6.45) is 0. The molecule has 182 valence electrons. The summed E-state index contributed by atoms with van der Waals surface area (Å²) in [7, 11) is 1.65. The number of hydrogen-bond acceptors (Lipinski definition) is 5. The SMILES string of the molecule is COc1ccc(-c2nnc(SCC(=O)c3cc(C)n(-c4ccc(C)c(C)c4)c3C)n2C(C)C)cc1. The Morgan fingerprint density at radius 1 is 0.971 bits per heavy atom. The third kappa shape index (κ3) is 4.91. The second kappa shape index (κ2) is 10.1. The number of hydrogen-bond donors (Lipinski definition) is 0. The van der Waals surface area contributed by atoms with Crippen molar-refractivity contribution < 1.29 is 9.53 Å². The number of methoxy groups -OCH3 is 1. The highest BCUT2D eigenvalue weighted by molar-refractivity contribution is 7.99. The van der Waals surface area contributed by atoms with Crippen molar-refractivity contribution in [2.45, 2.75) is 52.7 Å². The van der Waals surface area contributed by atoms with Crippen LogP contribution in [0.1, 0.15) is 52.8 Å². The first-order valence-electron chi connectivity index (χ1n) is 11.7. The lowest BCUT2D eigenvalue weighted by Crippen LogP contribution is -2.09. The molecule has 0 radical (unpaired) electrons. The molecule has 0 bridgehead atoms. The van der Waals surface area contributed by atoms with Crippen LogP contribution in [0.5, 0.6) is 5.75 Å². The van der Waals surface area contributed by atoms with Gasteiger partial charge in [-0.05, 0) is 95.1 Å². The smallest absolute Gasteiger partial charge is 0.192 e. The molecule has 0 saturated carbocycles. The van der Waals surface area contributed by atoms with Gasteiger partial charge in [-0.15, -0.1) is 10.2 Å². The largest absolute Gasteiger partial charge is 0.497 e. The van der Waals surface area contributed by atoms with Crippen LogP contribution in [0.15, 0.2) is 53.7 Å². The summed E-state index contributed by atoms with van der Waals surface area (Å²) in [5.74, 6) is 1.96. The summed E-state index contributed by atoms with van der Waals surface area (Å²) < 4.78 is 9.50. The summed E-state index contributed by atoms with van der Waals surface area (Å²) >= 11 is 1.43. The van der Waals surface area contributed by atoms with Crippen molar-refractivity contribution >= 4 is 17.5 Å². The van der Waals surface area contributed by atoms with Crippen LogP contribution in [-0.4, -0.2) is 38.0 Å². The fraction of sp³-hybridized carbons (Fsp3) is 0.321. The van der Waals surface area contributed by atoms with E-state index in [1.165, 1.54) is 22.9 Å². The lowest BCUT2D eigenvalue weighted by atomic mass is 10.1. The van der Waals surface area contributed by atoms with Crippen LogP contribution in [0, 0.1) is 27.7 Å². The number of aryl methyl sites for hydroxylation is 3. The second-order valence-electron chi connectivity index (χ2n) is 9.10. The number of carbonyl (C=O) groups is 1. The first kappa shape index (κ1) is 24.8. The van der Waals surface area contributed by atoms with E-state index in [9.17, 15) is 4.79 Å². The second-order valence-corrected chi connectivity index (χ2v) is 10.0. The van der Waals surface area contributed by atoms with Crippen LogP contribution < -0.4 is 4.74 Å². The third-order valence-corrected chi connectivity index (χ3v) is 7.28. The predicted octanol–water partition coefficient (Wildman–Crippen LogP) is 6.53. The van der Waals surface area contributed by atoms with Crippen molar-refractivity contribution in [3.8, 4) is 22.8 Å². The summed E-state index contributed by atoms with van der Waals surface area (Å²) in [5.41, 5.74) is 7.29. The molecule has 0 aliphatic rings. The average Bonchev–Trinajstić information content (AvgIpc) is 3.40. The van der Waals surface area contributed by atoms with Gasteiger partial charge in [0.2, 0.25) is 0 Å². The third-order valence-electron chi connectivity index (χ3n) is 6.34. The van der Waals surface area contributed by atoms with Crippen molar-refractivity contribution in [1.29, 1.82) is 0 Å². The van der Waals surface area contributed by atoms with Gasteiger partial charge in [0, 0.05) is 34.2 Å². The van der Waals surface area contributed by atoms with E-state index in [0.29, 0.717) is 5.75 Å². The van der Waals surface area contributed by atoms with Crippen LogP contribution in [0.2, 0.25) is 0 Å². The summed E-state index contributed by atoms with van der Waals surface area (Å²) in [5, 5.41) is 9.60. The highest BCUT2D eigenvalue weighted by Gasteiger charge is 2.21. The molecule has 4 rings (SSSR count). The van der Waals surface area contributed by atoms with Crippen molar-refractivity contribution in [3.05, 3.63) is 76.6 Å².